The number of hydrogen-bond donors (Lipinski definition) is 1. The van der Waals surface area contributed by atoms with Crippen molar-refractivity contribution in [1.29, 1.82) is 0 Å². The van der Waals surface area contributed by atoms with Gasteiger partial charge in [0.2, 0.25) is 0 Å². The van der Waals surface area contributed by atoms with Crippen molar-refractivity contribution in [2.75, 3.05) is 19.7 Å². The summed E-state index contributed by atoms with van der Waals surface area (Å²) in [6.45, 7) is 4.59. The summed E-state index contributed by atoms with van der Waals surface area (Å²) >= 11 is 0. The summed E-state index contributed by atoms with van der Waals surface area (Å²) in [6.07, 6.45) is 2.22. The number of para-hydroxylation sites is 1. The molecule has 0 radical (unpaired) electrons. The molecular weight excluding hydrogens is 198 g/mol. The van der Waals surface area contributed by atoms with Crippen molar-refractivity contribution in [3.63, 3.8) is 0 Å². The Morgan fingerprint density at radius 3 is 3.25 bits per heavy atom. The van der Waals surface area contributed by atoms with E-state index in [-0.39, 0.29) is 0 Å². The lowest BCUT2D eigenvalue weighted by molar-refractivity contribution is 0.287. The number of ether oxygens (including phenoxy) is 1. The molecule has 1 aliphatic rings. The Bertz CT molecular complexity index is 414. The van der Waals surface area contributed by atoms with Gasteiger partial charge in [-0.3, -0.25) is 0 Å². The van der Waals surface area contributed by atoms with Gasteiger partial charge < -0.3 is 10.1 Å². The molecule has 0 aromatic heterocycles. The summed E-state index contributed by atoms with van der Waals surface area (Å²) in [4.78, 5) is 0. The quantitative estimate of drug-likeness (QED) is 0.601. The van der Waals surface area contributed by atoms with Gasteiger partial charge in [-0.2, -0.15) is 0 Å². The van der Waals surface area contributed by atoms with E-state index in [9.17, 15) is 0 Å². The summed E-state index contributed by atoms with van der Waals surface area (Å²) in [5, 5.41) is 3.18. The summed E-state index contributed by atoms with van der Waals surface area (Å²) in [5.74, 6) is 7.28. The van der Waals surface area contributed by atoms with Crippen LogP contribution in [0.5, 0.6) is 5.75 Å². The zero-order valence-electron chi connectivity index (χ0n) is 9.68. The molecule has 0 saturated heterocycles. The zero-order chi connectivity index (χ0) is 11.2. The molecule has 1 N–H and O–H groups in total. The maximum atomic E-state index is 5.69. The molecule has 0 spiro atoms. The molecule has 0 fully saturated rings. The van der Waals surface area contributed by atoms with E-state index >= 15 is 0 Å². The Kier molecular flexibility index (Phi) is 3.85. The van der Waals surface area contributed by atoms with E-state index in [0.717, 1.165) is 43.9 Å². The maximum Gasteiger partial charge on any atom is 0.138 e. The van der Waals surface area contributed by atoms with Gasteiger partial charge in [0.05, 0.1) is 18.7 Å². The number of fused-ring (bicyclic) bond motifs is 1. The molecule has 2 nitrogen and oxygen atoms in total. The van der Waals surface area contributed by atoms with Crippen molar-refractivity contribution in [1.82, 2.24) is 5.32 Å². The van der Waals surface area contributed by atoms with Crippen LogP contribution in [0.3, 0.4) is 0 Å². The molecule has 0 amide bonds. The molecular formula is C14H17NO. The van der Waals surface area contributed by atoms with Crippen molar-refractivity contribution < 1.29 is 4.74 Å². The van der Waals surface area contributed by atoms with Crippen LogP contribution in [0.2, 0.25) is 0 Å². The Hall–Kier alpha value is -1.46. The minimum atomic E-state index is 0.736. The van der Waals surface area contributed by atoms with E-state index in [2.05, 4.69) is 36.2 Å². The van der Waals surface area contributed by atoms with Crippen LogP contribution >= 0.6 is 0 Å². The van der Waals surface area contributed by atoms with Crippen molar-refractivity contribution in [3.8, 4) is 17.6 Å². The standard InChI is InChI=1S/C14H17NO/c1-2-15-10-4-8-12-6-3-7-13-9-5-11-16-14(12)13/h3,6-7,15H,2,5,9-11H2,1H3. The number of benzene rings is 1. The molecule has 0 atom stereocenters. The maximum absolute atomic E-state index is 5.69. The largest absolute Gasteiger partial charge is 0.492 e. The second-order valence-electron chi connectivity index (χ2n) is 3.83. The average Bonchev–Trinajstić information content (AvgIpc) is 2.35. The van der Waals surface area contributed by atoms with Crippen LogP contribution in [0, 0.1) is 11.8 Å². The third-order valence-corrected chi connectivity index (χ3v) is 2.62. The van der Waals surface area contributed by atoms with Crippen molar-refractivity contribution >= 4 is 0 Å². The van der Waals surface area contributed by atoms with Crippen LogP contribution in [0.15, 0.2) is 18.2 Å². The minimum Gasteiger partial charge on any atom is -0.492 e. The van der Waals surface area contributed by atoms with E-state index in [0.29, 0.717) is 0 Å². The number of aryl methyl sites for hydroxylation is 1. The second-order valence-corrected chi connectivity index (χ2v) is 3.83. The molecule has 1 aliphatic heterocycles. The molecule has 1 aromatic rings. The SMILES string of the molecule is CCNCC#Cc1cccc2c1OCCC2. The molecule has 1 heterocycles. The van der Waals surface area contributed by atoms with Crippen molar-refractivity contribution in [2.45, 2.75) is 19.8 Å². The third kappa shape index (κ3) is 2.56. The highest BCUT2D eigenvalue weighted by Crippen LogP contribution is 2.27. The molecule has 84 valence electrons. The van der Waals surface area contributed by atoms with E-state index in [1.807, 2.05) is 6.07 Å². The summed E-state index contributed by atoms with van der Waals surface area (Å²) in [5.41, 5.74) is 2.32. The highest BCUT2D eigenvalue weighted by atomic mass is 16.5. The Morgan fingerprint density at radius 2 is 2.38 bits per heavy atom. The number of nitrogens with one attached hydrogen (secondary N) is 1. The van der Waals surface area contributed by atoms with Gasteiger partial charge in [-0.15, -0.1) is 0 Å². The number of rotatable bonds is 2. The molecule has 0 saturated carbocycles. The predicted molar refractivity (Wildman–Crippen MR) is 65.7 cm³/mol. The van der Waals surface area contributed by atoms with Crippen LogP contribution in [0.4, 0.5) is 0 Å². The van der Waals surface area contributed by atoms with Crippen LogP contribution in [0.25, 0.3) is 0 Å². The fourth-order valence-corrected chi connectivity index (χ4v) is 1.81. The topological polar surface area (TPSA) is 21.3 Å². The van der Waals surface area contributed by atoms with Gasteiger partial charge >= 0.3 is 0 Å². The van der Waals surface area contributed by atoms with Gasteiger partial charge in [-0.25, -0.2) is 0 Å². The van der Waals surface area contributed by atoms with Crippen LogP contribution in [-0.4, -0.2) is 19.7 Å². The monoisotopic (exact) mass is 215 g/mol. The second kappa shape index (κ2) is 5.58. The summed E-state index contributed by atoms with van der Waals surface area (Å²) in [7, 11) is 0. The van der Waals surface area contributed by atoms with E-state index < -0.39 is 0 Å². The highest BCUT2D eigenvalue weighted by Gasteiger charge is 2.12. The Labute approximate surface area is 97.0 Å². The van der Waals surface area contributed by atoms with Crippen LogP contribution < -0.4 is 10.1 Å². The minimum absolute atomic E-state index is 0.736. The van der Waals surface area contributed by atoms with Gasteiger partial charge in [0.1, 0.15) is 5.75 Å². The fourth-order valence-electron chi connectivity index (χ4n) is 1.81. The first-order valence-electron chi connectivity index (χ1n) is 5.86. The first kappa shape index (κ1) is 11.0. The highest BCUT2D eigenvalue weighted by molar-refractivity contribution is 5.51. The molecule has 2 rings (SSSR count). The molecule has 0 bridgehead atoms. The van der Waals surface area contributed by atoms with Crippen molar-refractivity contribution in [3.05, 3.63) is 29.3 Å². The lowest BCUT2D eigenvalue weighted by Crippen LogP contribution is -2.12. The predicted octanol–water partition coefficient (Wildman–Crippen LogP) is 1.97. The normalized spacial score (nSPS) is 13.3. The third-order valence-electron chi connectivity index (χ3n) is 2.62. The molecule has 2 heteroatoms. The lowest BCUT2D eigenvalue weighted by atomic mass is 10.0. The molecule has 0 aliphatic carbocycles. The lowest BCUT2D eigenvalue weighted by Gasteiger charge is -2.18. The van der Waals surface area contributed by atoms with Crippen molar-refractivity contribution in [2.24, 2.45) is 0 Å². The van der Waals surface area contributed by atoms with Gasteiger partial charge in [0, 0.05) is 0 Å². The molecule has 16 heavy (non-hydrogen) atoms. The smallest absolute Gasteiger partial charge is 0.138 e. The first-order chi connectivity index (χ1) is 7.92. The van der Waals surface area contributed by atoms with Gasteiger partial charge in [-0.1, -0.05) is 30.9 Å². The van der Waals surface area contributed by atoms with E-state index in [1.165, 1.54) is 5.56 Å². The first-order valence-corrected chi connectivity index (χ1v) is 5.86. The van der Waals surface area contributed by atoms with Gasteiger partial charge in [-0.05, 0) is 31.0 Å². The molecule has 1 aromatic carbocycles. The molecule has 0 unspecified atom stereocenters. The summed E-state index contributed by atoms with van der Waals surface area (Å²) < 4.78 is 5.69. The van der Waals surface area contributed by atoms with Crippen LogP contribution in [0.1, 0.15) is 24.5 Å². The Morgan fingerprint density at radius 1 is 1.44 bits per heavy atom. The van der Waals surface area contributed by atoms with Gasteiger partial charge in [0.25, 0.3) is 0 Å². The zero-order valence-corrected chi connectivity index (χ0v) is 9.68. The average molecular weight is 215 g/mol. The van der Waals surface area contributed by atoms with E-state index in [1.54, 1.807) is 0 Å². The number of hydrogen-bond acceptors (Lipinski definition) is 2. The summed E-state index contributed by atoms with van der Waals surface area (Å²) in [6, 6.07) is 6.22. The fraction of sp³-hybridized carbons (Fsp3) is 0.429. The Balaban J connectivity index is 2.16. The van der Waals surface area contributed by atoms with Crippen LogP contribution in [-0.2, 0) is 6.42 Å². The van der Waals surface area contributed by atoms with E-state index in [4.69, 9.17) is 4.74 Å². The van der Waals surface area contributed by atoms with Gasteiger partial charge in [0.15, 0.2) is 0 Å².